The Balaban J connectivity index is 2.08. The predicted octanol–water partition coefficient (Wildman–Crippen LogP) is 3.38. The molecule has 0 radical (unpaired) electrons. The van der Waals surface area contributed by atoms with Crippen LogP contribution in [0.15, 0.2) is 29.4 Å². The summed E-state index contributed by atoms with van der Waals surface area (Å²) in [6.45, 7) is 8.21. The standard InChI is InChI=1S/C17H20N4OS/c1-10(2)21-7-6-13(19-21)16(22)18-17-20(5)14-9-11(3)8-12(4)15(14)23-17/h6-10H,1-5H3. The zero-order valence-electron chi connectivity index (χ0n) is 14.0. The highest BCUT2D eigenvalue weighted by Gasteiger charge is 2.12. The molecule has 0 N–H and O–H groups in total. The third-order valence-corrected chi connectivity index (χ3v) is 5.08. The smallest absolute Gasteiger partial charge is 0.300 e. The van der Waals surface area contributed by atoms with Crippen LogP contribution in [0.3, 0.4) is 0 Å². The second-order valence-corrected chi connectivity index (χ2v) is 7.04. The normalized spacial score (nSPS) is 12.5. The summed E-state index contributed by atoms with van der Waals surface area (Å²) in [5, 5.41) is 4.29. The second kappa shape index (κ2) is 5.77. The Morgan fingerprint density at radius 3 is 2.70 bits per heavy atom. The Bertz CT molecular complexity index is 959. The van der Waals surface area contributed by atoms with Gasteiger partial charge in [0.1, 0.15) is 0 Å². The van der Waals surface area contributed by atoms with Crippen LogP contribution in [0.2, 0.25) is 0 Å². The number of fused-ring (bicyclic) bond motifs is 1. The average molecular weight is 328 g/mol. The first-order valence-electron chi connectivity index (χ1n) is 7.58. The summed E-state index contributed by atoms with van der Waals surface area (Å²) >= 11 is 1.54. The van der Waals surface area contributed by atoms with E-state index in [1.54, 1.807) is 10.7 Å². The molecule has 3 aromatic rings. The molecular formula is C17H20N4OS. The van der Waals surface area contributed by atoms with Crippen LogP contribution in [0.1, 0.15) is 41.5 Å². The van der Waals surface area contributed by atoms with Crippen molar-refractivity contribution >= 4 is 27.5 Å². The van der Waals surface area contributed by atoms with Gasteiger partial charge in [0.15, 0.2) is 10.5 Å². The van der Waals surface area contributed by atoms with Crippen LogP contribution in [-0.4, -0.2) is 20.3 Å². The Labute approximate surface area is 138 Å². The number of aromatic nitrogens is 3. The molecule has 1 aromatic carbocycles. The lowest BCUT2D eigenvalue weighted by Gasteiger charge is -2.02. The monoisotopic (exact) mass is 328 g/mol. The van der Waals surface area contributed by atoms with Crippen LogP contribution in [0.5, 0.6) is 0 Å². The lowest BCUT2D eigenvalue weighted by molar-refractivity contribution is 0.0992. The lowest BCUT2D eigenvalue weighted by Crippen LogP contribution is -2.14. The molecule has 0 saturated heterocycles. The largest absolute Gasteiger partial charge is 0.319 e. The summed E-state index contributed by atoms with van der Waals surface area (Å²) in [4.78, 5) is 17.4. The van der Waals surface area contributed by atoms with E-state index in [4.69, 9.17) is 0 Å². The van der Waals surface area contributed by atoms with Gasteiger partial charge in [0.2, 0.25) is 0 Å². The molecule has 0 saturated carbocycles. The number of carbonyl (C=O) groups is 1. The SMILES string of the molecule is Cc1cc(C)c2sc(=NC(=O)c3ccn(C(C)C)n3)n(C)c2c1. The fraction of sp³-hybridized carbons (Fsp3) is 0.353. The zero-order chi connectivity index (χ0) is 16.7. The number of aryl methyl sites for hydroxylation is 3. The van der Waals surface area contributed by atoms with E-state index >= 15 is 0 Å². The van der Waals surface area contributed by atoms with E-state index in [-0.39, 0.29) is 11.9 Å². The van der Waals surface area contributed by atoms with Gasteiger partial charge in [-0.2, -0.15) is 10.1 Å². The van der Waals surface area contributed by atoms with Crippen molar-refractivity contribution in [2.45, 2.75) is 33.7 Å². The molecule has 0 aliphatic heterocycles. The van der Waals surface area contributed by atoms with Crippen LogP contribution >= 0.6 is 11.3 Å². The summed E-state index contributed by atoms with van der Waals surface area (Å²) in [6.07, 6.45) is 1.81. The molecule has 0 fully saturated rings. The average Bonchev–Trinajstić information content (AvgIpc) is 3.07. The van der Waals surface area contributed by atoms with Gasteiger partial charge in [0, 0.05) is 19.3 Å². The fourth-order valence-corrected chi connectivity index (χ4v) is 3.63. The van der Waals surface area contributed by atoms with Gasteiger partial charge in [0.05, 0.1) is 10.2 Å². The first-order chi connectivity index (χ1) is 10.9. The van der Waals surface area contributed by atoms with Crippen molar-refractivity contribution in [1.29, 1.82) is 0 Å². The number of thiazole rings is 1. The first kappa shape index (κ1) is 15.7. The molecule has 0 unspecified atom stereocenters. The van der Waals surface area contributed by atoms with Gasteiger partial charge in [-0.1, -0.05) is 17.4 Å². The minimum Gasteiger partial charge on any atom is -0.319 e. The maximum absolute atomic E-state index is 12.4. The molecule has 1 amide bonds. The number of carbonyl (C=O) groups excluding carboxylic acids is 1. The van der Waals surface area contributed by atoms with Gasteiger partial charge in [-0.25, -0.2) is 0 Å². The van der Waals surface area contributed by atoms with E-state index in [1.165, 1.54) is 22.5 Å². The Kier molecular flexibility index (Phi) is 3.93. The molecule has 120 valence electrons. The molecular weight excluding hydrogens is 308 g/mol. The summed E-state index contributed by atoms with van der Waals surface area (Å²) in [5.41, 5.74) is 3.89. The highest BCUT2D eigenvalue weighted by atomic mass is 32.1. The van der Waals surface area contributed by atoms with Crippen molar-refractivity contribution in [2.24, 2.45) is 12.0 Å². The highest BCUT2D eigenvalue weighted by Crippen LogP contribution is 2.22. The molecule has 2 heterocycles. The van der Waals surface area contributed by atoms with Crippen LogP contribution in [0, 0.1) is 13.8 Å². The molecule has 0 aliphatic rings. The molecule has 0 spiro atoms. The number of hydrogen-bond acceptors (Lipinski definition) is 3. The molecule has 23 heavy (non-hydrogen) atoms. The number of benzene rings is 1. The van der Waals surface area contributed by atoms with Crippen molar-refractivity contribution in [3.8, 4) is 0 Å². The number of nitrogens with zero attached hydrogens (tertiary/aromatic N) is 4. The minimum atomic E-state index is -0.305. The molecule has 0 bridgehead atoms. The van der Waals surface area contributed by atoms with Crippen molar-refractivity contribution in [1.82, 2.24) is 14.3 Å². The van der Waals surface area contributed by atoms with E-state index in [0.29, 0.717) is 10.5 Å². The quantitative estimate of drug-likeness (QED) is 0.724. The molecule has 0 atom stereocenters. The fourth-order valence-electron chi connectivity index (χ4n) is 2.56. The van der Waals surface area contributed by atoms with Gasteiger partial charge in [-0.05, 0) is 51.0 Å². The number of rotatable bonds is 2. The minimum absolute atomic E-state index is 0.225. The third-order valence-electron chi connectivity index (χ3n) is 3.79. The Morgan fingerprint density at radius 1 is 1.30 bits per heavy atom. The number of hydrogen-bond donors (Lipinski definition) is 0. The van der Waals surface area contributed by atoms with Crippen LogP contribution in [-0.2, 0) is 7.05 Å². The topological polar surface area (TPSA) is 52.2 Å². The third kappa shape index (κ3) is 2.86. The molecule has 5 nitrogen and oxygen atoms in total. The van der Waals surface area contributed by atoms with E-state index in [9.17, 15) is 4.79 Å². The maximum atomic E-state index is 12.4. The molecule has 0 aliphatic carbocycles. The van der Waals surface area contributed by atoms with Gasteiger partial charge >= 0.3 is 0 Å². The van der Waals surface area contributed by atoms with E-state index in [0.717, 1.165) is 10.2 Å². The maximum Gasteiger partial charge on any atom is 0.300 e. The van der Waals surface area contributed by atoms with Crippen LogP contribution in [0.25, 0.3) is 10.2 Å². The highest BCUT2D eigenvalue weighted by molar-refractivity contribution is 7.16. The molecule has 2 aromatic heterocycles. The summed E-state index contributed by atoms with van der Waals surface area (Å²) in [7, 11) is 1.94. The van der Waals surface area contributed by atoms with E-state index < -0.39 is 0 Å². The van der Waals surface area contributed by atoms with Crippen molar-refractivity contribution in [2.75, 3.05) is 0 Å². The van der Waals surface area contributed by atoms with Gasteiger partial charge in [0.25, 0.3) is 5.91 Å². The zero-order valence-corrected chi connectivity index (χ0v) is 14.8. The lowest BCUT2D eigenvalue weighted by atomic mass is 10.1. The Morgan fingerprint density at radius 2 is 2.04 bits per heavy atom. The van der Waals surface area contributed by atoms with E-state index in [1.807, 2.05) is 31.7 Å². The van der Waals surface area contributed by atoms with E-state index in [2.05, 4.69) is 36.1 Å². The van der Waals surface area contributed by atoms with Gasteiger partial charge in [-0.15, -0.1) is 0 Å². The molecule has 6 heteroatoms. The van der Waals surface area contributed by atoms with Gasteiger partial charge in [-0.3, -0.25) is 9.48 Å². The van der Waals surface area contributed by atoms with Crippen molar-refractivity contribution in [3.05, 3.63) is 46.0 Å². The van der Waals surface area contributed by atoms with Gasteiger partial charge < -0.3 is 4.57 Å². The van der Waals surface area contributed by atoms with Crippen LogP contribution < -0.4 is 4.80 Å². The van der Waals surface area contributed by atoms with Crippen LogP contribution in [0.4, 0.5) is 0 Å². The second-order valence-electron chi connectivity index (χ2n) is 6.07. The Hall–Kier alpha value is -2.21. The predicted molar refractivity (Wildman–Crippen MR) is 92.8 cm³/mol. The first-order valence-corrected chi connectivity index (χ1v) is 8.39. The van der Waals surface area contributed by atoms with Crippen molar-refractivity contribution in [3.63, 3.8) is 0 Å². The summed E-state index contributed by atoms with van der Waals surface area (Å²) < 4.78 is 4.90. The number of amides is 1. The molecule has 3 rings (SSSR count). The summed E-state index contributed by atoms with van der Waals surface area (Å²) in [6, 6.07) is 6.21. The van der Waals surface area contributed by atoms with Crippen molar-refractivity contribution < 1.29 is 4.79 Å². The summed E-state index contributed by atoms with van der Waals surface area (Å²) in [5.74, 6) is -0.305.